The van der Waals surface area contributed by atoms with E-state index in [1.54, 1.807) is 17.3 Å². The summed E-state index contributed by atoms with van der Waals surface area (Å²) in [7, 11) is 0. The lowest BCUT2D eigenvalue weighted by atomic mass is 10.2. The number of anilines is 2. The molecule has 0 aliphatic heterocycles. The molecule has 108 valence electrons. The highest BCUT2D eigenvalue weighted by Gasteiger charge is 2.22. The zero-order valence-corrected chi connectivity index (χ0v) is 12.1. The van der Waals surface area contributed by atoms with Crippen molar-refractivity contribution < 1.29 is 4.79 Å². The van der Waals surface area contributed by atoms with E-state index in [4.69, 9.17) is 0 Å². The van der Waals surface area contributed by atoms with Crippen LogP contribution < -0.4 is 10.2 Å². The van der Waals surface area contributed by atoms with Gasteiger partial charge in [-0.3, -0.25) is 9.78 Å². The van der Waals surface area contributed by atoms with Gasteiger partial charge in [0.05, 0.1) is 11.3 Å². The number of nitrogens with zero attached hydrogens (tertiary/aromatic N) is 2. The normalized spacial score (nSPS) is 13.8. The molecule has 0 unspecified atom stereocenters. The third-order valence-corrected chi connectivity index (χ3v) is 3.56. The second kappa shape index (κ2) is 5.95. The summed E-state index contributed by atoms with van der Waals surface area (Å²) in [6.07, 6.45) is 5.80. The number of rotatable bonds is 5. The van der Waals surface area contributed by atoms with Crippen molar-refractivity contribution in [2.45, 2.75) is 25.8 Å². The molecule has 21 heavy (non-hydrogen) atoms. The van der Waals surface area contributed by atoms with Crippen molar-refractivity contribution in [3.63, 3.8) is 0 Å². The standard InChI is InChI=1S/C17H19N3O/c1-2-20(16-6-4-3-5-7-16)17(21)13-10-15(12-18-11-13)19-14-8-9-14/h3-7,10-12,14,19H,2,8-9H2,1H3. The van der Waals surface area contributed by atoms with Crippen LogP contribution in [-0.4, -0.2) is 23.5 Å². The fourth-order valence-corrected chi connectivity index (χ4v) is 2.31. The van der Waals surface area contributed by atoms with Gasteiger partial charge in [0.2, 0.25) is 0 Å². The molecule has 1 saturated carbocycles. The zero-order chi connectivity index (χ0) is 14.7. The average Bonchev–Trinajstić information content (AvgIpc) is 3.33. The van der Waals surface area contributed by atoms with Gasteiger partial charge in [0.25, 0.3) is 5.91 Å². The van der Waals surface area contributed by atoms with Crippen LogP contribution in [0.1, 0.15) is 30.1 Å². The third kappa shape index (κ3) is 3.21. The second-order valence-electron chi connectivity index (χ2n) is 5.27. The van der Waals surface area contributed by atoms with E-state index in [0.717, 1.165) is 11.4 Å². The molecule has 0 spiro atoms. The van der Waals surface area contributed by atoms with E-state index in [-0.39, 0.29) is 5.91 Å². The molecule has 1 aliphatic carbocycles. The van der Waals surface area contributed by atoms with Gasteiger partial charge >= 0.3 is 0 Å². The first kappa shape index (κ1) is 13.6. The fourth-order valence-electron chi connectivity index (χ4n) is 2.31. The predicted molar refractivity (Wildman–Crippen MR) is 84.7 cm³/mol. The zero-order valence-electron chi connectivity index (χ0n) is 12.1. The largest absolute Gasteiger partial charge is 0.381 e. The summed E-state index contributed by atoms with van der Waals surface area (Å²) in [5.74, 6) is -0.0179. The Labute approximate surface area is 124 Å². The molecule has 0 radical (unpaired) electrons. The average molecular weight is 281 g/mol. The molecule has 3 rings (SSSR count). The summed E-state index contributed by atoms with van der Waals surface area (Å²) in [5, 5.41) is 3.37. The number of para-hydroxylation sites is 1. The topological polar surface area (TPSA) is 45.2 Å². The minimum atomic E-state index is -0.0179. The minimum Gasteiger partial charge on any atom is -0.381 e. The van der Waals surface area contributed by atoms with E-state index in [1.165, 1.54) is 12.8 Å². The van der Waals surface area contributed by atoms with Crippen molar-refractivity contribution in [2.24, 2.45) is 0 Å². The van der Waals surface area contributed by atoms with Crippen molar-refractivity contribution in [1.29, 1.82) is 0 Å². The van der Waals surface area contributed by atoms with Gasteiger partial charge in [0.15, 0.2) is 0 Å². The number of hydrogen-bond acceptors (Lipinski definition) is 3. The number of carbonyl (C=O) groups is 1. The van der Waals surface area contributed by atoms with Gasteiger partial charge in [0, 0.05) is 30.7 Å². The molecule has 1 aromatic heterocycles. The predicted octanol–water partition coefficient (Wildman–Crippen LogP) is 3.32. The van der Waals surface area contributed by atoms with Gasteiger partial charge in [-0.15, -0.1) is 0 Å². The molecule has 0 atom stereocenters. The number of hydrogen-bond donors (Lipinski definition) is 1. The molecule has 4 heteroatoms. The summed E-state index contributed by atoms with van der Waals surface area (Å²) in [6, 6.07) is 12.2. The van der Waals surface area contributed by atoms with Gasteiger partial charge in [-0.2, -0.15) is 0 Å². The van der Waals surface area contributed by atoms with Crippen molar-refractivity contribution in [1.82, 2.24) is 4.98 Å². The molecule has 2 aromatic rings. The summed E-state index contributed by atoms with van der Waals surface area (Å²) in [6.45, 7) is 2.60. The number of benzene rings is 1. The number of carbonyl (C=O) groups excluding carboxylic acids is 1. The van der Waals surface area contributed by atoms with Crippen LogP contribution in [0, 0.1) is 0 Å². The highest BCUT2D eigenvalue weighted by Crippen LogP contribution is 2.25. The van der Waals surface area contributed by atoms with Gasteiger partial charge in [0.1, 0.15) is 0 Å². The monoisotopic (exact) mass is 281 g/mol. The van der Waals surface area contributed by atoms with E-state index in [9.17, 15) is 4.79 Å². The SMILES string of the molecule is CCN(C(=O)c1cncc(NC2CC2)c1)c1ccccc1. The van der Waals surface area contributed by atoms with Crippen LogP contribution in [0.5, 0.6) is 0 Å². The Hall–Kier alpha value is -2.36. The molecule has 1 N–H and O–H groups in total. The molecular weight excluding hydrogens is 262 g/mol. The van der Waals surface area contributed by atoms with Gasteiger partial charge in [-0.25, -0.2) is 0 Å². The van der Waals surface area contributed by atoms with E-state index < -0.39 is 0 Å². The molecule has 1 aromatic carbocycles. The lowest BCUT2D eigenvalue weighted by Gasteiger charge is -2.21. The summed E-state index contributed by atoms with van der Waals surface area (Å²) in [5.41, 5.74) is 2.45. The number of pyridine rings is 1. The summed E-state index contributed by atoms with van der Waals surface area (Å²) in [4.78, 5) is 18.6. The Kier molecular flexibility index (Phi) is 3.86. The van der Waals surface area contributed by atoms with Crippen molar-refractivity contribution in [3.8, 4) is 0 Å². The highest BCUT2D eigenvalue weighted by atomic mass is 16.2. The Morgan fingerprint density at radius 2 is 2.05 bits per heavy atom. The van der Waals surface area contributed by atoms with E-state index in [1.807, 2.05) is 43.3 Å². The van der Waals surface area contributed by atoms with Crippen LogP contribution in [0.2, 0.25) is 0 Å². The van der Waals surface area contributed by atoms with Crippen molar-refractivity contribution >= 4 is 17.3 Å². The van der Waals surface area contributed by atoms with Crippen LogP contribution in [0.15, 0.2) is 48.8 Å². The first-order chi connectivity index (χ1) is 10.3. The van der Waals surface area contributed by atoms with Crippen molar-refractivity contribution in [2.75, 3.05) is 16.8 Å². The van der Waals surface area contributed by atoms with E-state index in [0.29, 0.717) is 18.2 Å². The number of nitrogens with one attached hydrogen (secondary N) is 1. The summed E-state index contributed by atoms with van der Waals surface area (Å²) < 4.78 is 0. The highest BCUT2D eigenvalue weighted by molar-refractivity contribution is 6.06. The lowest BCUT2D eigenvalue weighted by Crippen LogP contribution is -2.30. The van der Waals surface area contributed by atoms with Crippen LogP contribution in [0.3, 0.4) is 0 Å². The Morgan fingerprint density at radius 3 is 2.71 bits per heavy atom. The molecule has 1 aliphatic rings. The molecule has 4 nitrogen and oxygen atoms in total. The molecule has 0 saturated heterocycles. The van der Waals surface area contributed by atoms with Crippen LogP contribution in [0.4, 0.5) is 11.4 Å². The van der Waals surface area contributed by atoms with Crippen molar-refractivity contribution in [3.05, 3.63) is 54.4 Å². The van der Waals surface area contributed by atoms with Crippen LogP contribution in [0.25, 0.3) is 0 Å². The van der Waals surface area contributed by atoms with E-state index in [2.05, 4.69) is 10.3 Å². The van der Waals surface area contributed by atoms with Gasteiger partial charge in [-0.05, 0) is 38.0 Å². The Morgan fingerprint density at radius 1 is 1.29 bits per heavy atom. The minimum absolute atomic E-state index is 0.0179. The quantitative estimate of drug-likeness (QED) is 0.914. The molecule has 1 amide bonds. The maximum atomic E-state index is 12.7. The molecule has 1 fully saturated rings. The number of aromatic nitrogens is 1. The van der Waals surface area contributed by atoms with Gasteiger partial charge < -0.3 is 10.2 Å². The Bertz CT molecular complexity index is 623. The fraction of sp³-hybridized carbons (Fsp3) is 0.294. The molecule has 0 bridgehead atoms. The maximum absolute atomic E-state index is 12.7. The third-order valence-electron chi connectivity index (χ3n) is 3.56. The van der Waals surface area contributed by atoms with Gasteiger partial charge in [-0.1, -0.05) is 18.2 Å². The number of amides is 1. The first-order valence-corrected chi connectivity index (χ1v) is 7.36. The van der Waals surface area contributed by atoms with E-state index >= 15 is 0 Å². The lowest BCUT2D eigenvalue weighted by molar-refractivity contribution is 0.0988. The maximum Gasteiger partial charge on any atom is 0.259 e. The van der Waals surface area contributed by atoms with Crippen LogP contribution in [-0.2, 0) is 0 Å². The Balaban J connectivity index is 1.82. The molecule has 1 heterocycles. The first-order valence-electron chi connectivity index (χ1n) is 7.36. The molecular formula is C17H19N3O. The smallest absolute Gasteiger partial charge is 0.259 e. The van der Waals surface area contributed by atoms with Crippen LogP contribution >= 0.6 is 0 Å². The second-order valence-corrected chi connectivity index (χ2v) is 5.27. The summed E-state index contributed by atoms with van der Waals surface area (Å²) >= 11 is 0.